The number of aromatic nitrogens is 2. The van der Waals surface area contributed by atoms with Gasteiger partial charge in [-0.05, 0) is 59.3 Å². The average molecular weight is 508 g/mol. The molecule has 1 fully saturated rings. The van der Waals surface area contributed by atoms with Gasteiger partial charge in [0.25, 0.3) is 5.56 Å². The van der Waals surface area contributed by atoms with E-state index < -0.39 is 5.56 Å². The number of benzene rings is 2. The van der Waals surface area contributed by atoms with Crippen LogP contribution in [-0.4, -0.2) is 29.4 Å². The zero-order valence-corrected chi connectivity index (χ0v) is 19.6. The van der Waals surface area contributed by atoms with Crippen LogP contribution in [0.3, 0.4) is 0 Å². The third-order valence-corrected chi connectivity index (χ3v) is 5.89. The summed E-state index contributed by atoms with van der Waals surface area (Å²) in [6.45, 7) is 0. The summed E-state index contributed by atoms with van der Waals surface area (Å²) in [7, 11) is 1.60. The number of methoxy groups -OCH3 is 1. The maximum Gasteiger partial charge on any atom is 0.270 e. The highest BCUT2D eigenvalue weighted by molar-refractivity contribution is 9.10. The quantitative estimate of drug-likeness (QED) is 0.349. The van der Waals surface area contributed by atoms with E-state index in [0.717, 1.165) is 22.9 Å². The monoisotopic (exact) mass is 507 g/mol. The number of hydrogen-bond acceptors (Lipinski definition) is 7. The van der Waals surface area contributed by atoms with Gasteiger partial charge >= 0.3 is 0 Å². The van der Waals surface area contributed by atoms with Gasteiger partial charge < -0.3 is 9.47 Å². The molecule has 0 aliphatic heterocycles. The highest BCUT2D eigenvalue weighted by Crippen LogP contribution is 2.38. The first-order chi connectivity index (χ1) is 16.1. The molecule has 9 heteroatoms. The van der Waals surface area contributed by atoms with E-state index in [2.05, 4.69) is 36.4 Å². The summed E-state index contributed by atoms with van der Waals surface area (Å²) in [6, 6.07) is 14.7. The molecular weight excluding hydrogens is 486 g/mol. The third kappa shape index (κ3) is 5.23. The lowest BCUT2D eigenvalue weighted by atomic mass is 10.1. The van der Waals surface area contributed by atoms with Crippen LogP contribution in [-0.2, 0) is 0 Å². The molecule has 0 bridgehead atoms. The predicted molar refractivity (Wildman–Crippen MR) is 130 cm³/mol. The largest absolute Gasteiger partial charge is 0.493 e. The molecule has 1 aliphatic rings. The molecule has 3 aromatic rings. The van der Waals surface area contributed by atoms with Crippen LogP contribution in [0, 0.1) is 11.3 Å². The summed E-state index contributed by atoms with van der Waals surface area (Å²) in [5.41, 5.74) is 3.85. The Morgan fingerprint density at radius 3 is 2.73 bits per heavy atom. The summed E-state index contributed by atoms with van der Waals surface area (Å²) < 4.78 is 12.4. The van der Waals surface area contributed by atoms with Crippen molar-refractivity contribution in [2.75, 3.05) is 12.5 Å². The molecule has 4 rings (SSSR count). The van der Waals surface area contributed by atoms with Crippen molar-refractivity contribution in [3.8, 4) is 28.8 Å². The molecule has 33 heavy (non-hydrogen) atoms. The van der Waals surface area contributed by atoms with Crippen LogP contribution < -0.4 is 20.5 Å². The molecule has 1 aliphatic carbocycles. The summed E-state index contributed by atoms with van der Waals surface area (Å²) in [5, 5.41) is 13.6. The van der Waals surface area contributed by atoms with Gasteiger partial charge in [0.1, 0.15) is 11.6 Å². The normalized spacial score (nSPS) is 13.7. The van der Waals surface area contributed by atoms with Gasteiger partial charge in [-0.1, -0.05) is 30.3 Å². The molecule has 1 saturated carbocycles. The fraction of sp³-hybridized carbons (Fsp3) is 0.250. The molecule has 0 radical (unpaired) electrons. The lowest BCUT2D eigenvalue weighted by Gasteiger charge is -2.17. The van der Waals surface area contributed by atoms with Crippen molar-refractivity contribution in [2.24, 2.45) is 5.10 Å². The second-order valence-corrected chi connectivity index (χ2v) is 8.40. The molecule has 2 aromatic carbocycles. The van der Waals surface area contributed by atoms with E-state index in [1.165, 1.54) is 12.8 Å². The van der Waals surface area contributed by atoms with Crippen LogP contribution in [0.2, 0.25) is 0 Å². The van der Waals surface area contributed by atoms with E-state index in [4.69, 9.17) is 9.47 Å². The lowest BCUT2D eigenvalue weighted by molar-refractivity contribution is 0.199. The molecule has 2 N–H and O–H groups in total. The van der Waals surface area contributed by atoms with Gasteiger partial charge in [-0.3, -0.25) is 9.78 Å². The molecule has 0 atom stereocenters. The number of nitrogens with zero attached hydrogens (tertiary/aromatic N) is 3. The number of nitriles is 1. The molecular formula is C24H22BrN5O3. The van der Waals surface area contributed by atoms with Gasteiger partial charge in [-0.2, -0.15) is 10.4 Å². The van der Waals surface area contributed by atoms with Gasteiger partial charge in [0.15, 0.2) is 11.5 Å². The van der Waals surface area contributed by atoms with E-state index in [1.54, 1.807) is 25.5 Å². The number of ether oxygens (including phenoxy) is 2. The summed E-state index contributed by atoms with van der Waals surface area (Å²) in [6.07, 6.45) is 6.23. The minimum absolute atomic E-state index is 0.0535. The molecule has 1 aromatic heterocycles. The van der Waals surface area contributed by atoms with Crippen LogP contribution in [0.4, 0.5) is 5.95 Å². The van der Waals surface area contributed by atoms with Crippen molar-refractivity contribution in [3.05, 3.63) is 68.4 Å². The number of hydrogen-bond donors (Lipinski definition) is 2. The lowest BCUT2D eigenvalue weighted by Crippen LogP contribution is -2.16. The highest BCUT2D eigenvalue weighted by Gasteiger charge is 2.20. The molecule has 8 nitrogen and oxygen atoms in total. The van der Waals surface area contributed by atoms with Crippen LogP contribution in [0.1, 0.15) is 36.8 Å². The van der Waals surface area contributed by atoms with Gasteiger partial charge in [0.05, 0.1) is 29.6 Å². The number of aromatic amines is 1. The average Bonchev–Trinajstić information content (AvgIpc) is 3.34. The Labute approximate surface area is 199 Å². The maximum atomic E-state index is 12.4. The number of halogens is 1. The molecule has 0 saturated heterocycles. The first-order valence-corrected chi connectivity index (χ1v) is 11.3. The number of H-pyrrole nitrogens is 1. The standard InChI is InChI=1S/C24H22BrN5O3/c1-32-20-12-15(11-19(25)22(20)33-17-9-5-6-10-17)14-27-30-24-28-21(16-7-3-2-4-8-16)18(13-26)23(31)29-24/h2-4,7-8,11-12,14,17H,5-6,9-10H2,1H3,(H2,28,29,30,31). The SMILES string of the molecule is COc1cc(C=NNc2nc(-c3ccccc3)c(C#N)c(=O)[nH]2)cc(Br)c1OC1CCCC1. The topological polar surface area (TPSA) is 112 Å². The molecule has 0 unspecified atom stereocenters. The van der Waals surface area contributed by atoms with E-state index in [1.807, 2.05) is 36.4 Å². The Bertz CT molecular complexity index is 1260. The van der Waals surface area contributed by atoms with Crippen molar-refractivity contribution in [1.82, 2.24) is 9.97 Å². The zero-order chi connectivity index (χ0) is 23.2. The van der Waals surface area contributed by atoms with Gasteiger partial charge in [-0.25, -0.2) is 10.4 Å². The third-order valence-electron chi connectivity index (χ3n) is 5.30. The Balaban J connectivity index is 1.56. The Morgan fingerprint density at radius 2 is 2.03 bits per heavy atom. The fourth-order valence-corrected chi connectivity index (χ4v) is 4.26. The van der Waals surface area contributed by atoms with Gasteiger partial charge in [-0.15, -0.1) is 0 Å². The van der Waals surface area contributed by atoms with Crippen LogP contribution in [0.25, 0.3) is 11.3 Å². The van der Waals surface area contributed by atoms with Crippen molar-refractivity contribution in [2.45, 2.75) is 31.8 Å². The summed E-state index contributed by atoms with van der Waals surface area (Å²) in [5.74, 6) is 1.41. The first kappa shape index (κ1) is 22.6. The number of anilines is 1. The van der Waals surface area contributed by atoms with Crippen molar-refractivity contribution >= 4 is 28.1 Å². The fourth-order valence-electron chi connectivity index (χ4n) is 3.70. The zero-order valence-electron chi connectivity index (χ0n) is 18.0. The second-order valence-electron chi connectivity index (χ2n) is 7.54. The van der Waals surface area contributed by atoms with Gasteiger partial charge in [0.2, 0.25) is 5.95 Å². The Hall–Kier alpha value is -3.64. The van der Waals surface area contributed by atoms with E-state index in [9.17, 15) is 10.1 Å². The predicted octanol–water partition coefficient (Wildman–Crippen LogP) is 4.85. The maximum absolute atomic E-state index is 12.4. The van der Waals surface area contributed by atoms with Gasteiger partial charge in [0, 0.05) is 5.56 Å². The highest BCUT2D eigenvalue weighted by atomic mass is 79.9. The second kappa shape index (κ2) is 10.3. The van der Waals surface area contributed by atoms with Crippen LogP contribution >= 0.6 is 15.9 Å². The minimum Gasteiger partial charge on any atom is -0.493 e. The Morgan fingerprint density at radius 1 is 1.27 bits per heavy atom. The number of hydrazone groups is 1. The first-order valence-electron chi connectivity index (χ1n) is 10.5. The van der Waals surface area contributed by atoms with Crippen LogP contribution in [0.15, 0.2) is 56.8 Å². The summed E-state index contributed by atoms with van der Waals surface area (Å²) >= 11 is 3.57. The molecule has 168 valence electrons. The van der Waals surface area contributed by atoms with Crippen molar-refractivity contribution in [1.29, 1.82) is 5.26 Å². The van der Waals surface area contributed by atoms with Crippen molar-refractivity contribution < 1.29 is 9.47 Å². The number of rotatable bonds is 7. The van der Waals surface area contributed by atoms with Crippen molar-refractivity contribution in [3.63, 3.8) is 0 Å². The smallest absolute Gasteiger partial charge is 0.270 e. The summed E-state index contributed by atoms with van der Waals surface area (Å²) in [4.78, 5) is 19.3. The molecule has 0 amide bonds. The van der Waals surface area contributed by atoms with E-state index >= 15 is 0 Å². The Kier molecular flexibility index (Phi) is 7.05. The molecule has 0 spiro atoms. The molecule has 1 heterocycles. The van der Waals surface area contributed by atoms with Crippen LogP contribution in [0.5, 0.6) is 11.5 Å². The van der Waals surface area contributed by atoms with E-state index in [-0.39, 0.29) is 23.3 Å². The minimum atomic E-state index is -0.540. The van der Waals surface area contributed by atoms with E-state index in [0.29, 0.717) is 17.1 Å². The number of nitrogens with one attached hydrogen (secondary N) is 2.